The monoisotopic (exact) mass is 251 g/mol. The lowest BCUT2D eigenvalue weighted by Gasteiger charge is -2.24. The lowest BCUT2D eigenvalue weighted by molar-refractivity contribution is 0.340. The first-order chi connectivity index (χ1) is 8.79. The predicted octanol–water partition coefficient (Wildman–Crippen LogP) is 3.31. The van der Waals surface area contributed by atoms with Crippen LogP contribution in [0.1, 0.15) is 58.3 Å². The molecule has 1 rings (SSSR count). The van der Waals surface area contributed by atoms with Crippen molar-refractivity contribution < 1.29 is 0 Å². The molecule has 0 saturated heterocycles. The van der Waals surface area contributed by atoms with Gasteiger partial charge in [0.1, 0.15) is 0 Å². The van der Waals surface area contributed by atoms with Crippen LogP contribution in [0.3, 0.4) is 0 Å². The summed E-state index contributed by atoms with van der Waals surface area (Å²) in [4.78, 5) is 6.51. The van der Waals surface area contributed by atoms with Crippen LogP contribution < -0.4 is 5.73 Å². The molecule has 1 atom stereocenters. The van der Waals surface area contributed by atoms with Crippen LogP contribution in [0.2, 0.25) is 0 Å². The first-order valence-corrected chi connectivity index (χ1v) is 7.47. The van der Waals surface area contributed by atoms with Crippen molar-refractivity contribution in [2.24, 2.45) is 10.7 Å². The Balaban J connectivity index is 2.07. The molecule has 0 bridgehead atoms. The summed E-state index contributed by atoms with van der Waals surface area (Å²) in [5.74, 6) is 0.697. The van der Waals surface area contributed by atoms with E-state index < -0.39 is 0 Å². The van der Waals surface area contributed by atoms with Gasteiger partial charge < -0.3 is 10.6 Å². The quantitative estimate of drug-likeness (QED) is 0.478. The van der Waals surface area contributed by atoms with Gasteiger partial charge in [-0.3, -0.25) is 4.99 Å². The zero-order valence-electron chi connectivity index (χ0n) is 11.9. The average molecular weight is 251 g/mol. The van der Waals surface area contributed by atoms with Gasteiger partial charge in [0.25, 0.3) is 0 Å². The highest BCUT2D eigenvalue weighted by atomic mass is 15.3. The molecule has 0 aromatic rings. The Morgan fingerprint density at radius 1 is 1.28 bits per heavy atom. The van der Waals surface area contributed by atoms with Crippen LogP contribution in [-0.4, -0.2) is 30.0 Å². The number of nitrogens with two attached hydrogens (primary N) is 1. The Labute approximate surface area is 112 Å². The van der Waals surface area contributed by atoms with Crippen LogP contribution in [-0.2, 0) is 0 Å². The second kappa shape index (κ2) is 9.01. The molecule has 104 valence electrons. The minimum Gasteiger partial charge on any atom is -0.370 e. The van der Waals surface area contributed by atoms with Gasteiger partial charge in [0.2, 0.25) is 0 Å². The van der Waals surface area contributed by atoms with Crippen molar-refractivity contribution in [1.29, 1.82) is 0 Å². The Hall–Kier alpha value is -0.990. The first-order valence-electron chi connectivity index (χ1n) is 7.47. The SMILES string of the molecule is C=CCN1C(N)=NCC1CCCCCCCCC. The van der Waals surface area contributed by atoms with Gasteiger partial charge in [0.05, 0.1) is 12.6 Å². The van der Waals surface area contributed by atoms with Crippen LogP contribution in [0.25, 0.3) is 0 Å². The molecule has 0 aromatic heterocycles. The van der Waals surface area contributed by atoms with E-state index in [-0.39, 0.29) is 0 Å². The summed E-state index contributed by atoms with van der Waals surface area (Å²) in [6, 6.07) is 0.513. The van der Waals surface area contributed by atoms with Gasteiger partial charge in [0.15, 0.2) is 5.96 Å². The van der Waals surface area contributed by atoms with Crippen molar-refractivity contribution >= 4 is 5.96 Å². The molecule has 0 spiro atoms. The number of unbranched alkanes of at least 4 members (excludes halogenated alkanes) is 6. The Morgan fingerprint density at radius 2 is 1.94 bits per heavy atom. The van der Waals surface area contributed by atoms with E-state index in [1.807, 2.05) is 6.08 Å². The van der Waals surface area contributed by atoms with Crippen molar-refractivity contribution in [3.05, 3.63) is 12.7 Å². The number of hydrogen-bond donors (Lipinski definition) is 1. The van der Waals surface area contributed by atoms with Crippen molar-refractivity contribution in [2.45, 2.75) is 64.3 Å². The third-order valence-corrected chi connectivity index (χ3v) is 3.67. The molecule has 0 aromatic carbocycles. The number of guanidine groups is 1. The third-order valence-electron chi connectivity index (χ3n) is 3.67. The maximum Gasteiger partial charge on any atom is 0.191 e. The highest BCUT2D eigenvalue weighted by Gasteiger charge is 2.23. The fourth-order valence-electron chi connectivity index (χ4n) is 2.54. The number of aliphatic imine (C=N–C) groups is 1. The zero-order valence-corrected chi connectivity index (χ0v) is 11.9. The van der Waals surface area contributed by atoms with E-state index in [4.69, 9.17) is 5.73 Å². The van der Waals surface area contributed by atoms with E-state index >= 15 is 0 Å². The molecule has 0 saturated carbocycles. The van der Waals surface area contributed by atoms with Crippen molar-refractivity contribution in [3.8, 4) is 0 Å². The molecule has 0 aliphatic carbocycles. The van der Waals surface area contributed by atoms with E-state index in [0.29, 0.717) is 12.0 Å². The van der Waals surface area contributed by atoms with E-state index in [9.17, 15) is 0 Å². The Kier molecular flexibility index (Phi) is 7.54. The molecule has 2 N–H and O–H groups in total. The third kappa shape index (κ3) is 5.11. The smallest absolute Gasteiger partial charge is 0.191 e. The molecule has 0 amide bonds. The lowest BCUT2D eigenvalue weighted by Crippen LogP contribution is -2.40. The van der Waals surface area contributed by atoms with Gasteiger partial charge in [-0.1, -0.05) is 57.9 Å². The fourth-order valence-corrected chi connectivity index (χ4v) is 2.54. The summed E-state index contributed by atoms with van der Waals surface area (Å²) in [5.41, 5.74) is 5.87. The second-order valence-corrected chi connectivity index (χ2v) is 5.20. The summed E-state index contributed by atoms with van der Waals surface area (Å²) < 4.78 is 0. The normalized spacial score (nSPS) is 19.1. The molecule has 1 unspecified atom stereocenters. The molecule has 0 radical (unpaired) electrons. The molecule has 3 nitrogen and oxygen atoms in total. The minimum absolute atomic E-state index is 0.513. The zero-order chi connectivity index (χ0) is 13.2. The summed E-state index contributed by atoms with van der Waals surface area (Å²) in [5, 5.41) is 0. The summed E-state index contributed by atoms with van der Waals surface area (Å²) in [7, 11) is 0. The average Bonchev–Trinajstić information content (AvgIpc) is 2.71. The van der Waals surface area contributed by atoms with Crippen LogP contribution in [0.5, 0.6) is 0 Å². The summed E-state index contributed by atoms with van der Waals surface area (Å²) in [6.45, 7) is 7.74. The molecular formula is C15H29N3. The molecular weight excluding hydrogens is 222 g/mol. The maximum atomic E-state index is 5.87. The largest absolute Gasteiger partial charge is 0.370 e. The molecule has 0 fully saturated rings. The van der Waals surface area contributed by atoms with Gasteiger partial charge in [0, 0.05) is 6.54 Å². The molecule has 1 aliphatic rings. The van der Waals surface area contributed by atoms with Gasteiger partial charge >= 0.3 is 0 Å². The van der Waals surface area contributed by atoms with Gasteiger partial charge in [-0.2, -0.15) is 0 Å². The molecule has 1 heterocycles. The number of rotatable bonds is 10. The van der Waals surface area contributed by atoms with E-state index in [1.54, 1.807) is 0 Å². The van der Waals surface area contributed by atoms with Crippen LogP contribution in [0.15, 0.2) is 17.6 Å². The summed E-state index contributed by atoms with van der Waals surface area (Å²) in [6.07, 6.45) is 12.7. The van der Waals surface area contributed by atoms with Crippen LogP contribution in [0.4, 0.5) is 0 Å². The van der Waals surface area contributed by atoms with E-state index in [2.05, 4.69) is 23.4 Å². The van der Waals surface area contributed by atoms with Crippen LogP contribution >= 0.6 is 0 Å². The molecule has 1 aliphatic heterocycles. The van der Waals surface area contributed by atoms with E-state index in [1.165, 1.54) is 51.4 Å². The lowest BCUT2D eigenvalue weighted by atomic mass is 10.0. The van der Waals surface area contributed by atoms with E-state index in [0.717, 1.165) is 13.1 Å². The molecule has 3 heteroatoms. The van der Waals surface area contributed by atoms with Crippen molar-refractivity contribution in [2.75, 3.05) is 13.1 Å². The topological polar surface area (TPSA) is 41.6 Å². The first kappa shape index (κ1) is 15.1. The Morgan fingerprint density at radius 3 is 2.61 bits per heavy atom. The van der Waals surface area contributed by atoms with Gasteiger partial charge in [-0.15, -0.1) is 6.58 Å². The summed E-state index contributed by atoms with van der Waals surface area (Å²) >= 11 is 0. The van der Waals surface area contributed by atoms with Crippen molar-refractivity contribution in [3.63, 3.8) is 0 Å². The number of hydrogen-bond acceptors (Lipinski definition) is 3. The van der Waals surface area contributed by atoms with Gasteiger partial charge in [-0.25, -0.2) is 0 Å². The standard InChI is InChI=1S/C15H29N3/c1-3-5-6-7-8-9-10-11-14-13-17-15(16)18(14)12-4-2/h4,14H,2-3,5-13H2,1H3,(H2,16,17). The fraction of sp³-hybridized carbons (Fsp3) is 0.800. The second-order valence-electron chi connectivity index (χ2n) is 5.20. The number of nitrogens with zero attached hydrogens (tertiary/aromatic N) is 2. The van der Waals surface area contributed by atoms with Gasteiger partial charge in [-0.05, 0) is 6.42 Å². The minimum atomic E-state index is 0.513. The maximum absolute atomic E-state index is 5.87. The van der Waals surface area contributed by atoms with Crippen molar-refractivity contribution in [1.82, 2.24) is 4.90 Å². The molecule has 18 heavy (non-hydrogen) atoms. The highest BCUT2D eigenvalue weighted by molar-refractivity contribution is 5.80. The van der Waals surface area contributed by atoms with Crippen LogP contribution in [0, 0.1) is 0 Å². The predicted molar refractivity (Wildman–Crippen MR) is 79.8 cm³/mol. The highest BCUT2D eigenvalue weighted by Crippen LogP contribution is 2.16. The Bertz CT molecular complexity index is 260.